The number of thiophene rings is 1. The Bertz CT molecular complexity index is 1090. The van der Waals surface area contributed by atoms with E-state index in [1.807, 2.05) is 54.6 Å². The van der Waals surface area contributed by atoms with Crippen LogP contribution in [0, 0.1) is 0 Å². The lowest BCUT2D eigenvalue weighted by Crippen LogP contribution is -2.40. The van der Waals surface area contributed by atoms with E-state index in [1.54, 1.807) is 11.3 Å². The smallest absolute Gasteiger partial charge is 0.298 e. The van der Waals surface area contributed by atoms with E-state index in [1.165, 1.54) is 4.88 Å². The maximum atomic E-state index is 12.6. The fourth-order valence-electron chi connectivity index (χ4n) is 3.82. The van der Waals surface area contributed by atoms with E-state index in [9.17, 15) is 4.79 Å². The molecule has 4 aromatic rings. The zero-order valence-electron chi connectivity index (χ0n) is 15.9. The van der Waals surface area contributed by atoms with E-state index >= 15 is 0 Å². The highest BCUT2D eigenvalue weighted by atomic mass is 32.1. The van der Waals surface area contributed by atoms with Gasteiger partial charge in [-0.05, 0) is 54.1 Å². The van der Waals surface area contributed by atoms with Crippen LogP contribution in [0.3, 0.4) is 0 Å². The Morgan fingerprint density at radius 2 is 2.00 bits per heavy atom. The van der Waals surface area contributed by atoms with Crippen LogP contribution in [0.1, 0.15) is 23.2 Å². The van der Waals surface area contributed by atoms with Crippen molar-refractivity contribution in [1.29, 1.82) is 0 Å². The van der Waals surface area contributed by atoms with Crippen molar-refractivity contribution in [1.82, 2.24) is 10.3 Å². The van der Waals surface area contributed by atoms with Crippen molar-refractivity contribution in [2.75, 3.05) is 18.0 Å². The lowest BCUT2D eigenvalue weighted by molar-refractivity contribution is 0.0951. The Hall–Kier alpha value is -3.12. The van der Waals surface area contributed by atoms with Gasteiger partial charge >= 0.3 is 0 Å². The molecule has 0 bridgehead atoms. The minimum atomic E-state index is -0.0489. The Kier molecular flexibility index (Phi) is 4.77. The van der Waals surface area contributed by atoms with E-state index in [4.69, 9.17) is 4.42 Å². The number of amides is 1. The second kappa shape index (κ2) is 7.72. The molecule has 1 aliphatic heterocycles. The van der Waals surface area contributed by atoms with Gasteiger partial charge in [0.2, 0.25) is 0 Å². The molecule has 1 amide bonds. The second-order valence-electron chi connectivity index (χ2n) is 7.22. The molecule has 1 atom stereocenters. The van der Waals surface area contributed by atoms with E-state index in [0.717, 1.165) is 36.0 Å². The van der Waals surface area contributed by atoms with Gasteiger partial charge in [-0.15, -0.1) is 11.3 Å². The zero-order chi connectivity index (χ0) is 19.6. The molecule has 0 saturated carbocycles. The lowest BCUT2D eigenvalue weighted by atomic mass is 10.1. The number of benzene rings is 2. The second-order valence-corrected chi connectivity index (χ2v) is 8.17. The van der Waals surface area contributed by atoms with E-state index in [0.29, 0.717) is 18.1 Å². The predicted molar refractivity (Wildman–Crippen MR) is 116 cm³/mol. The van der Waals surface area contributed by atoms with Crippen molar-refractivity contribution in [3.8, 4) is 10.4 Å². The SMILES string of the molecule is O=C(NC[C@@H]1CCCN1c1nc2ccccc2o1)c1ccc(-c2cccs2)cc1. The zero-order valence-corrected chi connectivity index (χ0v) is 16.7. The number of hydrogen-bond donors (Lipinski definition) is 1. The first-order valence-corrected chi connectivity index (χ1v) is 10.7. The molecule has 0 radical (unpaired) electrons. The highest BCUT2D eigenvalue weighted by molar-refractivity contribution is 7.13. The number of carbonyl (C=O) groups is 1. The minimum absolute atomic E-state index is 0.0489. The molecule has 146 valence electrons. The van der Waals surface area contributed by atoms with Crippen LogP contribution in [0.25, 0.3) is 21.5 Å². The molecule has 0 unspecified atom stereocenters. The third kappa shape index (κ3) is 3.63. The molecule has 6 heteroatoms. The molecule has 0 spiro atoms. The van der Waals surface area contributed by atoms with Crippen molar-refractivity contribution in [3.63, 3.8) is 0 Å². The third-order valence-electron chi connectivity index (χ3n) is 5.36. The molecule has 1 fully saturated rings. The van der Waals surface area contributed by atoms with Gasteiger partial charge < -0.3 is 14.6 Å². The van der Waals surface area contributed by atoms with Gasteiger partial charge in [0.25, 0.3) is 11.9 Å². The average Bonchev–Trinajstić information content (AvgIpc) is 3.52. The Labute approximate surface area is 173 Å². The first-order valence-electron chi connectivity index (χ1n) is 9.82. The van der Waals surface area contributed by atoms with Crippen LogP contribution in [0.5, 0.6) is 0 Å². The van der Waals surface area contributed by atoms with Crippen LogP contribution in [-0.2, 0) is 0 Å². The maximum absolute atomic E-state index is 12.6. The summed E-state index contributed by atoms with van der Waals surface area (Å²) in [6, 6.07) is 20.5. The first kappa shape index (κ1) is 17.9. The number of rotatable bonds is 5. The molecule has 5 nitrogen and oxygen atoms in total. The van der Waals surface area contributed by atoms with Crippen molar-refractivity contribution < 1.29 is 9.21 Å². The fraction of sp³-hybridized carbons (Fsp3) is 0.217. The molecule has 5 rings (SSSR count). The molecule has 2 aromatic heterocycles. The van der Waals surface area contributed by atoms with Gasteiger partial charge in [-0.1, -0.05) is 30.3 Å². The molecule has 1 aliphatic rings. The summed E-state index contributed by atoms with van der Waals surface area (Å²) in [6.07, 6.45) is 2.07. The Balaban J connectivity index is 1.24. The highest BCUT2D eigenvalue weighted by Crippen LogP contribution is 2.28. The largest absolute Gasteiger partial charge is 0.423 e. The highest BCUT2D eigenvalue weighted by Gasteiger charge is 2.28. The van der Waals surface area contributed by atoms with Crippen molar-refractivity contribution in [3.05, 3.63) is 71.6 Å². The normalized spacial score (nSPS) is 16.4. The predicted octanol–water partition coefficient (Wildman–Crippen LogP) is 4.96. The first-order chi connectivity index (χ1) is 14.3. The molecule has 2 aromatic carbocycles. The van der Waals surface area contributed by atoms with Crippen LogP contribution in [0.15, 0.2) is 70.5 Å². The molecular formula is C23H21N3O2S. The van der Waals surface area contributed by atoms with Gasteiger partial charge in [-0.3, -0.25) is 4.79 Å². The number of aromatic nitrogens is 1. The van der Waals surface area contributed by atoms with Gasteiger partial charge in [-0.2, -0.15) is 4.98 Å². The van der Waals surface area contributed by atoms with Gasteiger partial charge in [0.15, 0.2) is 5.58 Å². The molecule has 1 saturated heterocycles. The molecule has 1 N–H and O–H groups in total. The summed E-state index contributed by atoms with van der Waals surface area (Å²) in [7, 11) is 0. The molecule has 29 heavy (non-hydrogen) atoms. The maximum Gasteiger partial charge on any atom is 0.298 e. The van der Waals surface area contributed by atoms with Gasteiger partial charge in [0.05, 0.1) is 6.04 Å². The fourth-order valence-corrected chi connectivity index (χ4v) is 4.56. The monoisotopic (exact) mass is 403 g/mol. The summed E-state index contributed by atoms with van der Waals surface area (Å²) in [6.45, 7) is 1.47. The summed E-state index contributed by atoms with van der Waals surface area (Å²) >= 11 is 1.70. The van der Waals surface area contributed by atoms with Crippen LogP contribution in [0.4, 0.5) is 6.01 Å². The number of hydrogen-bond acceptors (Lipinski definition) is 5. The third-order valence-corrected chi connectivity index (χ3v) is 6.28. The van der Waals surface area contributed by atoms with Gasteiger partial charge in [0, 0.05) is 23.5 Å². The lowest BCUT2D eigenvalue weighted by Gasteiger charge is -2.23. The van der Waals surface area contributed by atoms with Gasteiger partial charge in [-0.25, -0.2) is 0 Å². The van der Waals surface area contributed by atoms with Crippen LogP contribution >= 0.6 is 11.3 Å². The summed E-state index contributed by atoms with van der Waals surface area (Å²) in [5.41, 5.74) is 3.47. The van der Waals surface area contributed by atoms with E-state index in [-0.39, 0.29) is 11.9 Å². The van der Waals surface area contributed by atoms with Crippen LogP contribution in [0.2, 0.25) is 0 Å². The summed E-state index contributed by atoms with van der Waals surface area (Å²) in [4.78, 5) is 20.6. The summed E-state index contributed by atoms with van der Waals surface area (Å²) in [5, 5.41) is 5.14. The van der Waals surface area contributed by atoms with Crippen molar-refractivity contribution >= 4 is 34.4 Å². The number of fused-ring (bicyclic) bond motifs is 1. The Morgan fingerprint density at radius 3 is 2.79 bits per heavy atom. The Morgan fingerprint density at radius 1 is 1.14 bits per heavy atom. The quantitative estimate of drug-likeness (QED) is 0.512. The van der Waals surface area contributed by atoms with E-state index in [2.05, 4.69) is 26.6 Å². The van der Waals surface area contributed by atoms with E-state index < -0.39 is 0 Å². The molecular weight excluding hydrogens is 382 g/mol. The van der Waals surface area contributed by atoms with Crippen molar-refractivity contribution in [2.24, 2.45) is 0 Å². The topological polar surface area (TPSA) is 58.4 Å². The number of nitrogens with one attached hydrogen (secondary N) is 1. The number of para-hydroxylation sites is 2. The molecule has 0 aliphatic carbocycles. The number of nitrogens with zero attached hydrogens (tertiary/aromatic N) is 2. The number of anilines is 1. The summed E-state index contributed by atoms with van der Waals surface area (Å²) in [5.74, 6) is -0.0489. The van der Waals surface area contributed by atoms with Crippen LogP contribution in [-0.4, -0.2) is 30.0 Å². The standard InChI is InChI=1S/C23H21N3O2S/c27-22(17-11-9-16(10-12-17)21-8-4-14-29-21)24-15-18-5-3-13-26(18)23-25-19-6-1-2-7-20(19)28-23/h1-2,4,6-12,14,18H,3,5,13,15H2,(H,24,27)/t18-/m0/s1. The van der Waals surface area contributed by atoms with Crippen molar-refractivity contribution in [2.45, 2.75) is 18.9 Å². The van der Waals surface area contributed by atoms with Gasteiger partial charge in [0.1, 0.15) is 5.52 Å². The number of carbonyl (C=O) groups excluding carboxylic acids is 1. The summed E-state index contributed by atoms with van der Waals surface area (Å²) < 4.78 is 5.93. The minimum Gasteiger partial charge on any atom is -0.423 e. The molecule has 3 heterocycles. The average molecular weight is 404 g/mol. The van der Waals surface area contributed by atoms with Crippen LogP contribution < -0.4 is 10.2 Å². The number of oxazole rings is 1.